The third kappa shape index (κ3) is 3.84. The molecule has 0 unspecified atom stereocenters. The zero-order valence-electron chi connectivity index (χ0n) is 8.99. The zero-order valence-corrected chi connectivity index (χ0v) is 8.99. The van der Waals surface area contributed by atoms with Gasteiger partial charge >= 0.3 is 12.1 Å². The summed E-state index contributed by atoms with van der Waals surface area (Å²) in [5, 5.41) is 3.14. The summed E-state index contributed by atoms with van der Waals surface area (Å²) in [4.78, 5) is 10.5. The maximum atomic E-state index is 11.8. The minimum Gasteiger partial charge on any atom is -0.455 e. The largest absolute Gasteiger partial charge is 0.490 e. The Morgan fingerprint density at radius 3 is 2.44 bits per heavy atom. The van der Waals surface area contributed by atoms with E-state index in [1.54, 1.807) is 6.92 Å². The summed E-state index contributed by atoms with van der Waals surface area (Å²) in [7, 11) is 0. The number of hydrogen-bond acceptors (Lipinski definition) is 3. The number of alkyl halides is 3. The average molecular weight is 237 g/mol. The summed E-state index contributed by atoms with van der Waals surface area (Å²) in [6, 6.07) is 0. The average Bonchev–Trinajstić information content (AvgIpc) is 2.25. The fourth-order valence-corrected chi connectivity index (χ4v) is 1.51. The van der Waals surface area contributed by atoms with Gasteiger partial charge in [-0.1, -0.05) is 5.57 Å². The summed E-state index contributed by atoms with van der Waals surface area (Å²) in [6.45, 7) is 3.07. The van der Waals surface area contributed by atoms with E-state index in [1.807, 2.05) is 0 Å². The quantitative estimate of drug-likeness (QED) is 0.587. The van der Waals surface area contributed by atoms with Gasteiger partial charge in [-0.25, -0.2) is 4.79 Å². The van der Waals surface area contributed by atoms with Crippen LogP contribution in [-0.4, -0.2) is 31.8 Å². The number of esters is 1. The van der Waals surface area contributed by atoms with E-state index < -0.39 is 12.1 Å². The van der Waals surface area contributed by atoms with E-state index in [4.69, 9.17) is 0 Å². The summed E-state index contributed by atoms with van der Waals surface area (Å²) in [5.74, 6) is -2.12. The van der Waals surface area contributed by atoms with Crippen LogP contribution in [0.4, 0.5) is 13.2 Å². The summed E-state index contributed by atoms with van der Waals surface area (Å²) in [6.07, 6.45) is -3.30. The second kappa shape index (κ2) is 5.34. The molecule has 0 atom stereocenters. The van der Waals surface area contributed by atoms with Crippen LogP contribution in [0.25, 0.3) is 0 Å². The molecule has 1 aliphatic rings. The van der Waals surface area contributed by atoms with Gasteiger partial charge in [0.2, 0.25) is 0 Å². The molecule has 1 fully saturated rings. The van der Waals surface area contributed by atoms with E-state index in [9.17, 15) is 18.0 Å². The highest BCUT2D eigenvalue weighted by molar-refractivity contribution is 5.75. The summed E-state index contributed by atoms with van der Waals surface area (Å²) in [5.41, 5.74) is 1.80. The number of halogens is 3. The van der Waals surface area contributed by atoms with E-state index >= 15 is 0 Å². The molecular formula is C10H14F3NO2. The lowest BCUT2D eigenvalue weighted by Gasteiger charge is -2.18. The van der Waals surface area contributed by atoms with Gasteiger partial charge in [-0.2, -0.15) is 13.2 Å². The molecule has 0 aromatic heterocycles. The van der Waals surface area contributed by atoms with Crippen LogP contribution in [0.1, 0.15) is 19.8 Å². The summed E-state index contributed by atoms with van der Waals surface area (Å²) < 4.78 is 39.7. The van der Waals surface area contributed by atoms with Crippen molar-refractivity contribution >= 4 is 5.97 Å². The van der Waals surface area contributed by atoms with Gasteiger partial charge in [-0.15, -0.1) is 0 Å². The Labute approximate surface area is 91.6 Å². The van der Waals surface area contributed by atoms with Gasteiger partial charge in [-0.3, -0.25) is 0 Å². The molecule has 92 valence electrons. The van der Waals surface area contributed by atoms with Gasteiger partial charge in [0.05, 0.1) is 0 Å². The van der Waals surface area contributed by atoms with E-state index in [0.29, 0.717) is 0 Å². The smallest absolute Gasteiger partial charge is 0.455 e. The Hall–Kier alpha value is -1.04. The van der Waals surface area contributed by atoms with Gasteiger partial charge in [0.25, 0.3) is 0 Å². The van der Waals surface area contributed by atoms with Crippen molar-refractivity contribution in [2.75, 3.05) is 19.7 Å². The van der Waals surface area contributed by atoms with Gasteiger partial charge in [0, 0.05) is 0 Å². The minimum atomic E-state index is -4.90. The lowest BCUT2D eigenvalue weighted by molar-refractivity contribution is -0.198. The molecule has 16 heavy (non-hydrogen) atoms. The van der Waals surface area contributed by atoms with Crippen molar-refractivity contribution in [1.82, 2.24) is 5.32 Å². The molecular weight excluding hydrogens is 223 g/mol. The lowest BCUT2D eigenvalue weighted by Crippen LogP contribution is -2.27. The Balaban J connectivity index is 2.45. The highest BCUT2D eigenvalue weighted by Gasteiger charge is 2.40. The van der Waals surface area contributed by atoms with Crippen LogP contribution in [0.2, 0.25) is 0 Å². The molecule has 0 saturated carbocycles. The Kier molecular flexibility index (Phi) is 4.35. The molecule has 0 aromatic rings. The van der Waals surface area contributed by atoms with E-state index in [0.717, 1.165) is 37.1 Å². The molecule has 1 aliphatic heterocycles. The molecule has 3 nitrogen and oxygen atoms in total. The molecule has 0 aliphatic carbocycles. The highest BCUT2D eigenvalue weighted by Crippen LogP contribution is 2.19. The second-order valence-electron chi connectivity index (χ2n) is 3.71. The van der Waals surface area contributed by atoms with Crippen LogP contribution in [0.3, 0.4) is 0 Å². The topological polar surface area (TPSA) is 38.3 Å². The number of ether oxygens (including phenoxy) is 1. The van der Waals surface area contributed by atoms with Crippen molar-refractivity contribution in [2.24, 2.45) is 0 Å². The fraction of sp³-hybridized carbons (Fsp3) is 0.700. The third-order valence-corrected chi connectivity index (χ3v) is 2.46. The van der Waals surface area contributed by atoms with Crippen LogP contribution < -0.4 is 5.32 Å². The van der Waals surface area contributed by atoms with Crippen LogP contribution in [0.5, 0.6) is 0 Å². The van der Waals surface area contributed by atoms with E-state index in [-0.39, 0.29) is 6.61 Å². The van der Waals surface area contributed by atoms with Crippen molar-refractivity contribution in [1.29, 1.82) is 0 Å². The number of hydrogen-bond donors (Lipinski definition) is 1. The molecule has 1 rings (SSSR count). The molecule has 0 bridgehead atoms. The molecule has 1 heterocycles. The van der Waals surface area contributed by atoms with E-state index in [1.165, 1.54) is 0 Å². The van der Waals surface area contributed by atoms with Crippen molar-refractivity contribution in [3.05, 3.63) is 11.1 Å². The first-order valence-corrected chi connectivity index (χ1v) is 5.03. The van der Waals surface area contributed by atoms with E-state index in [2.05, 4.69) is 10.1 Å². The first-order chi connectivity index (χ1) is 7.41. The van der Waals surface area contributed by atoms with Gasteiger partial charge in [0.1, 0.15) is 6.61 Å². The molecule has 6 heteroatoms. The maximum Gasteiger partial charge on any atom is 0.490 e. The number of carbonyl (C=O) groups is 1. The van der Waals surface area contributed by atoms with Crippen molar-refractivity contribution < 1.29 is 22.7 Å². The lowest BCUT2D eigenvalue weighted by atomic mass is 10.0. The third-order valence-electron chi connectivity index (χ3n) is 2.46. The van der Waals surface area contributed by atoms with Crippen LogP contribution in [0.15, 0.2) is 11.1 Å². The molecule has 0 amide bonds. The SMILES string of the molecule is CC(COC(=O)C(F)(F)F)=C1CCNCC1. The predicted molar refractivity (Wildman–Crippen MR) is 51.8 cm³/mol. The number of nitrogens with one attached hydrogen (secondary N) is 1. The van der Waals surface area contributed by atoms with Gasteiger partial charge in [-0.05, 0) is 38.4 Å². The van der Waals surface area contributed by atoms with Crippen molar-refractivity contribution in [2.45, 2.75) is 25.9 Å². The van der Waals surface area contributed by atoms with Crippen molar-refractivity contribution in [3.63, 3.8) is 0 Å². The first-order valence-electron chi connectivity index (χ1n) is 5.03. The zero-order chi connectivity index (χ0) is 12.2. The fourth-order valence-electron chi connectivity index (χ4n) is 1.51. The Bertz CT molecular complexity index is 289. The normalized spacial score (nSPS) is 17.1. The predicted octanol–water partition coefficient (Wildman–Crippen LogP) is 1.79. The maximum absolute atomic E-state index is 11.8. The van der Waals surface area contributed by atoms with Crippen LogP contribution in [-0.2, 0) is 9.53 Å². The second-order valence-corrected chi connectivity index (χ2v) is 3.71. The van der Waals surface area contributed by atoms with Gasteiger partial charge < -0.3 is 10.1 Å². The Morgan fingerprint density at radius 2 is 1.94 bits per heavy atom. The van der Waals surface area contributed by atoms with Crippen LogP contribution >= 0.6 is 0 Å². The number of carbonyl (C=O) groups excluding carboxylic acids is 1. The Morgan fingerprint density at radius 1 is 1.38 bits per heavy atom. The van der Waals surface area contributed by atoms with Crippen molar-refractivity contribution in [3.8, 4) is 0 Å². The molecule has 0 radical (unpaired) electrons. The molecule has 1 N–H and O–H groups in total. The number of piperidine rings is 1. The highest BCUT2D eigenvalue weighted by atomic mass is 19.4. The monoisotopic (exact) mass is 237 g/mol. The van der Waals surface area contributed by atoms with Crippen LogP contribution in [0, 0.1) is 0 Å². The standard InChI is InChI=1S/C10H14F3NO2/c1-7(8-2-4-14-5-3-8)6-16-9(15)10(11,12)13/h14H,2-6H2,1H3. The first kappa shape index (κ1) is 13.0. The molecule has 0 spiro atoms. The van der Waals surface area contributed by atoms with Gasteiger partial charge in [0.15, 0.2) is 0 Å². The molecule has 0 aromatic carbocycles. The number of rotatable bonds is 2. The minimum absolute atomic E-state index is 0.270. The summed E-state index contributed by atoms with van der Waals surface area (Å²) >= 11 is 0. The molecule has 1 saturated heterocycles.